The Morgan fingerprint density at radius 1 is 1.50 bits per heavy atom. The molecule has 46 valence electrons. The molecule has 0 atom stereocenters. The lowest BCUT2D eigenvalue weighted by Gasteiger charge is -2.07. The van der Waals surface area contributed by atoms with E-state index in [1.54, 1.807) is 13.8 Å². The molecule has 0 amide bonds. The van der Waals surface area contributed by atoms with Gasteiger partial charge in [0, 0.05) is 13.8 Å². The van der Waals surface area contributed by atoms with Crippen molar-refractivity contribution in [2.24, 2.45) is 0 Å². The number of carbonyl (C=O) groups excluding carboxylic acids is 1. The Bertz CT molecular complexity index is 117. The summed E-state index contributed by atoms with van der Waals surface area (Å²) in [5.74, 6) is -0.906. The van der Waals surface area contributed by atoms with Crippen molar-refractivity contribution in [3.63, 3.8) is 0 Å². The molecule has 1 rings (SSSR count). The van der Waals surface area contributed by atoms with Gasteiger partial charge in [-0.25, -0.2) is 4.79 Å². The smallest absolute Gasteiger partial charge is 0.396 e. The fourth-order valence-electron chi connectivity index (χ4n) is 0.369. The van der Waals surface area contributed by atoms with Crippen LogP contribution in [0.15, 0.2) is 0 Å². The molecule has 4 heteroatoms. The second-order valence-electron chi connectivity index (χ2n) is 1.92. The van der Waals surface area contributed by atoms with Crippen LogP contribution in [0.3, 0.4) is 0 Å². The summed E-state index contributed by atoms with van der Waals surface area (Å²) < 4.78 is 4.47. The van der Waals surface area contributed by atoms with Gasteiger partial charge in [0.05, 0.1) is 0 Å². The van der Waals surface area contributed by atoms with Crippen LogP contribution < -0.4 is 0 Å². The van der Waals surface area contributed by atoms with Gasteiger partial charge < -0.3 is 4.74 Å². The molecule has 1 fully saturated rings. The Labute approximate surface area is 46.3 Å². The zero-order chi connectivity index (χ0) is 6.20. The van der Waals surface area contributed by atoms with Gasteiger partial charge in [0.2, 0.25) is 0 Å². The first-order valence-corrected chi connectivity index (χ1v) is 2.19. The van der Waals surface area contributed by atoms with Crippen molar-refractivity contribution >= 4 is 6.16 Å². The summed E-state index contributed by atoms with van der Waals surface area (Å²) in [5.41, 5.74) is 0. The van der Waals surface area contributed by atoms with E-state index < -0.39 is 11.9 Å². The summed E-state index contributed by atoms with van der Waals surface area (Å²) in [7, 11) is 0. The SMILES string of the molecule is CC1(C)OOC(=O)O1. The average Bonchev–Trinajstić information content (AvgIpc) is 1.82. The van der Waals surface area contributed by atoms with E-state index in [1.807, 2.05) is 0 Å². The molecular formula is C4H6O4. The van der Waals surface area contributed by atoms with Gasteiger partial charge in [-0.3, -0.25) is 4.89 Å². The second kappa shape index (κ2) is 1.35. The highest BCUT2D eigenvalue weighted by Gasteiger charge is 2.34. The molecule has 0 aliphatic carbocycles. The van der Waals surface area contributed by atoms with E-state index >= 15 is 0 Å². The van der Waals surface area contributed by atoms with Crippen molar-refractivity contribution < 1.29 is 19.3 Å². The van der Waals surface area contributed by atoms with Crippen LogP contribution in [0.4, 0.5) is 4.79 Å². The topological polar surface area (TPSA) is 44.8 Å². The van der Waals surface area contributed by atoms with Gasteiger partial charge in [0.1, 0.15) is 0 Å². The first-order chi connectivity index (χ1) is 3.60. The van der Waals surface area contributed by atoms with E-state index in [-0.39, 0.29) is 0 Å². The Morgan fingerprint density at radius 3 is 2.25 bits per heavy atom. The van der Waals surface area contributed by atoms with Crippen LogP contribution in [0.5, 0.6) is 0 Å². The van der Waals surface area contributed by atoms with Crippen molar-refractivity contribution in [1.82, 2.24) is 0 Å². The second-order valence-corrected chi connectivity index (χ2v) is 1.92. The zero-order valence-corrected chi connectivity index (χ0v) is 4.63. The normalized spacial score (nSPS) is 24.5. The first-order valence-electron chi connectivity index (χ1n) is 2.19. The molecule has 1 aliphatic rings. The largest absolute Gasteiger partial charge is 0.543 e. The number of hydrogen-bond acceptors (Lipinski definition) is 4. The first kappa shape index (κ1) is 5.37. The Morgan fingerprint density at radius 2 is 2.12 bits per heavy atom. The van der Waals surface area contributed by atoms with Crippen molar-refractivity contribution in [3.05, 3.63) is 0 Å². The number of hydrogen-bond donors (Lipinski definition) is 0. The van der Waals surface area contributed by atoms with Gasteiger partial charge in [-0.2, -0.15) is 0 Å². The molecule has 0 saturated carbocycles. The summed E-state index contributed by atoms with van der Waals surface area (Å²) in [5, 5.41) is 0. The minimum atomic E-state index is -0.906. The minimum absolute atomic E-state index is 0.782. The summed E-state index contributed by atoms with van der Waals surface area (Å²) in [6.07, 6.45) is -0.782. The molecule has 0 radical (unpaired) electrons. The maximum atomic E-state index is 10.1. The van der Waals surface area contributed by atoms with Gasteiger partial charge in [-0.15, -0.1) is 4.89 Å². The fraction of sp³-hybridized carbons (Fsp3) is 0.750. The van der Waals surface area contributed by atoms with Crippen molar-refractivity contribution in [1.29, 1.82) is 0 Å². The fourth-order valence-corrected chi connectivity index (χ4v) is 0.369. The van der Waals surface area contributed by atoms with Gasteiger partial charge in [0.25, 0.3) is 5.79 Å². The van der Waals surface area contributed by atoms with E-state index in [4.69, 9.17) is 0 Å². The standard InChI is InChI=1S/C4H6O4/c1-4(2)6-3(5)7-8-4/h1-2H3. The highest BCUT2D eigenvalue weighted by molar-refractivity contribution is 5.60. The quantitative estimate of drug-likeness (QED) is 0.349. The number of rotatable bonds is 0. The minimum Gasteiger partial charge on any atom is -0.396 e. The van der Waals surface area contributed by atoms with Crippen LogP contribution in [0.25, 0.3) is 0 Å². The summed E-state index contributed by atoms with van der Waals surface area (Å²) >= 11 is 0. The van der Waals surface area contributed by atoms with Gasteiger partial charge in [-0.05, 0) is 0 Å². The van der Waals surface area contributed by atoms with Gasteiger partial charge in [-0.1, -0.05) is 0 Å². The molecule has 1 aliphatic heterocycles. The third-order valence-corrected chi connectivity index (χ3v) is 0.640. The van der Waals surface area contributed by atoms with Gasteiger partial charge in [0.15, 0.2) is 0 Å². The number of cyclic esters (lactones) is 1. The predicted octanol–water partition coefficient (Wildman–Crippen LogP) is 0.821. The Kier molecular flexibility index (Phi) is 0.907. The number of carbonyl (C=O) groups is 1. The maximum absolute atomic E-state index is 10.1. The highest BCUT2D eigenvalue weighted by atomic mass is 17.3. The van der Waals surface area contributed by atoms with E-state index in [2.05, 4.69) is 14.5 Å². The zero-order valence-electron chi connectivity index (χ0n) is 4.63. The Hall–Kier alpha value is -0.770. The lowest BCUT2D eigenvalue weighted by atomic mass is 10.4. The lowest BCUT2D eigenvalue weighted by Crippen LogP contribution is -2.19. The molecule has 0 spiro atoms. The monoisotopic (exact) mass is 118 g/mol. The van der Waals surface area contributed by atoms with Crippen molar-refractivity contribution in [3.8, 4) is 0 Å². The molecule has 0 unspecified atom stereocenters. The van der Waals surface area contributed by atoms with Crippen LogP contribution in [-0.2, 0) is 14.5 Å². The van der Waals surface area contributed by atoms with Crippen LogP contribution >= 0.6 is 0 Å². The van der Waals surface area contributed by atoms with E-state index in [9.17, 15) is 4.79 Å². The van der Waals surface area contributed by atoms with E-state index in [0.29, 0.717) is 0 Å². The molecule has 1 heterocycles. The van der Waals surface area contributed by atoms with Crippen molar-refractivity contribution in [2.45, 2.75) is 19.6 Å². The van der Waals surface area contributed by atoms with Crippen LogP contribution in [0, 0.1) is 0 Å². The lowest BCUT2D eigenvalue weighted by molar-refractivity contribution is -0.295. The molecule has 0 aromatic rings. The van der Waals surface area contributed by atoms with E-state index in [0.717, 1.165) is 0 Å². The third kappa shape index (κ3) is 0.894. The van der Waals surface area contributed by atoms with Crippen molar-refractivity contribution in [2.75, 3.05) is 0 Å². The molecule has 0 aromatic carbocycles. The van der Waals surface area contributed by atoms with Crippen LogP contribution in [0.2, 0.25) is 0 Å². The van der Waals surface area contributed by atoms with Crippen LogP contribution in [0.1, 0.15) is 13.8 Å². The molecule has 1 saturated heterocycles. The average molecular weight is 118 g/mol. The molecule has 8 heavy (non-hydrogen) atoms. The maximum Gasteiger partial charge on any atom is 0.543 e. The molecule has 0 N–H and O–H groups in total. The molecular weight excluding hydrogens is 112 g/mol. The van der Waals surface area contributed by atoms with Crippen LogP contribution in [-0.4, -0.2) is 11.9 Å². The Balaban J connectivity index is 2.56. The summed E-state index contributed by atoms with van der Waals surface area (Å²) in [6, 6.07) is 0. The van der Waals surface area contributed by atoms with Gasteiger partial charge >= 0.3 is 6.16 Å². The predicted molar refractivity (Wildman–Crippen MR) is 22.7 cm³/mol. The van der Waals surface area contributed by atoms with E-state index in [1.165, 1.54) is 0 Å². The molecule has 0 bridgehead atoms. The molecule has 4 nitrogen and oxygen atoms in total. The number of ether oxygens (including phenoxy) is 1. The summed E-state index contributed by atoms with van der Waals surface area (Å²) in [4.78, 5) is 18.5. The molecule has 0 aromatic heterocycles. The summed E-state index contributed by atoms with van der Waals surface area (Å²) in [6.45, 7) is 3.16. The third-order valence-electron chi connectivity index (χ3n) is 0.640. The highest BCUT2D eigenvalue weighted by Crippen LogP contribution is 2.19.